The highest BCUT2D eigenvalue weighted by molar-refractivity contribution is 7.89. The quantitative estimate of drug-likeness (QED) is 0.745. The van der Waals surface area contributed by atoms with Gasteiger partial charge < -0.3 is 4.90 Å². The van der Waals surface area contributed by atoms with Crippen LogP contribution in [0.5, 0.6) is 0 Å². The summed E-state index contributed by atoms with van der Waals surface area (Å²) in [6.45, 7) is 8.49. The number of sulfonamides is 1. The number of carbonyl (C=O) groups excluding carboxylic acids is 1. The second-order valence-electron chi connectivity index (χ2n) is 6.82. The first-order valence-electron chi connectivity index (χ1n) is 9.25. The highest BCUT2D eigenvalue weighted by atomic mass is 32.2. The average molecular weight is 367 g/mol. The predicted octanol–water partition coefficient (Wildman–Crippen LogP) is 3.04. The summed E-state index contributed by atoms with van der Waals surface area (Å²) in [6, 6.07) is 6.95. The number of aryl methyl sites for hydroxylation is 1. The van der Waals surface area contributed by atoms with Crippen molar-refractivity contribution in [2.45, 2.75) is 51.3 Å². The van der Waals surface area contributed by atoms with Gasteiger partial charge in [0, 0.05) is 32.1 Å². The molecule has 1 saturated heterocycles. The third-order valence-electron chi connectivity index (χ3n) is 4.76. The molecular weight excluding hydrogens is 336 g/mol. The van der Waals surface area contributed by atoms with Gasteiger partial charge >= 0.3 is 0 Å². The Balaban J connectivity index is 2.00. The minimum absolute atomic E-state index is 0.0532. The lowest BCUT2D eigenvalue weighted by molar-refractivity contribution is -0.136. The molecule has 1 aliphatic heterocycles. The van der Waals surface area contributed by atoms with Gasteiger partial charge in [0.1, 0.15) is 0 Å². The summed E-state index contributed by atoms with van der Waals surface area (Å²) >= 11 is 0. The van der Waals surface area contributed by atoms with Gasteiger partial charge in [0.2, 0.25) is 15.9 Å². The maximum absolute atomic E-state index is 12.7. The van der Waals surface area contributed by atoms with Gasteiger partial charge in [-0.2, -0.15) is 4.31 Å². The third kappa shape index (κ3) is 4.82. The molecule has 0 spiro atoms. The predicted molar refractivity (Wildman–Crippen MR) is 99.8 cm³/mol. The van der Waals surface area contributed by atoms with E-state index in [9.17, 15) is 13.2 Å². The SMILES string of the molecule is CCCN(CCC)C(=O)C1CCN(S(=O)(=O)c2ccc(C)cc2)CC1. The largest absolute Gasteiger partial charge is 0.342 e. The molecule has 0 aromatic heterocycles. The van der Waals surface area contributed by atoms with Crippen LogP contribution >= 0.6 is 0 Å². The van der Waals surface area contributed by atoms with Crippen LogP contribution in [0.3, 0.4) is 0 Å². The van der Waals surface area contributed by atoms with Crippen molar-refractivity contribution in [2.24, 2.45) is 5.92 Å². The third-order valence-corrected chi connectivity index (χ3v) is 6.67. The number of rotatable bonds is 7. The van der Waals surface area contributed by atoms with Crippen LogP contribution in [-0.2, 0) is 14.8 Å². The van der Waals surface area contributed by atoms with Gasteiger partial charge in [-0.15, -0.1) is 0 Å². The van der Waals surface area contributed by atoms with E-state index in [1.807, 2.05) is 24.0 Å². The topological polar surface area (TPSA) is 57.7 Å². The van der Waals surface area contributed by atoms with E-state index < -0.39 is 10.0 Å². The summed E-state index contributed by atoms with van der Waals surface area (Å²) in [5, 5.41) is 0. The number of benzene rings is 1. The molecule has 0 saturated carbocycles. The molecule has 25 heavy (non-hydrogen) atoms. The lowest BCUT2D eigenvalue weighted by Crippen LogP contribution is -2.44. The molecule has 0 atom stereocenters. The number of piperidine rings is 1. The van der Waals surface area contributed by atoms with Crippen molar-refractivity contribution in [3.63, 3.8) is 0 Å². The van der Waals surface area contributed by atoms with Crippen LogP contribution in [-0.4, -0.2) is 49.7 Å². The first-order valence-corrected chi connectivity index (χ1v) is 10.7. The molecule has 1 heterocycles. The molecule has 1 aliphatic rings. The van der Waals surface area contributed by atoms with Crippen molar-refractivity contribution in [1.82, 2.24) is 9.21 Å². The van der Waals surface area contributed by atoms with E-state index in [-0.39, 0.29) is 11.8 Å². The zero-order chi connectivity index (χ0) is 18.4. The second-order valence-corrected chi connectivity index (χ2v) is 8.75. The lowest BCUT2D eigenvalue weighted by atomic mass is 9.96. The molecule has 6 heteroatoms. The number of carbonyl (C=O) groups is 1. The summed E-state index contributed by atoms with van der Waals surface area (Å²) in [5.74, 6) is 0.138. The van der Waals surface area contributed by atoms with Crippen molar-refractivity contribution in [3.05, 3.63) is 29.8 Å². The summed E-state index contributed by atoms with van der Waals surface area (Å²) in [6.07, 6.45) is 3.11. The molecule has 140 valence electrons. The first kappa shape index (κ1) is 19.9. The molecular formula is C19H30N2O3S. The summed E-state index contributed by atoms with van der Waals surface area (Å²) in [5.41, 5.74) is 1.04. The van der Waals surface area contributed by atoms with E-state index in [1.165, 1.54) is 4.31 Å². The molecule has 5 nitrogen and oxygen atoms in total. The fourth-order valence-corrected chi connectivity index (χ4v) is 4.80. The minimum atomic E-state index is -3.46. The van der Waals surface area contributed by atoms with Gasteiger partial charge in [-0.05, 0) is 44.7 Å². The molecule has 0 radical (unpaired) electrons. The summed E-state index contributed by atoms with van der Waals surface area (Å²) in [7, 11) is -3.46. The van der Waals surface area contributed by atoms with Gasteiger partial charge in [-0.1, -0.05) is 31.5 Å². The van der Waals surface area contributed by atoms with Crippen LogP contribution < -0.4 is 0 Å². The fraction of sp³-hybridized carbons (Fsp3) is 0.632. The highest BCUT2D eigenvalue weighted by Gasteiger charge is 2.33. The van der Waals surface area contributed by atoms with Gasteiger partial charge in [0.15, 0.2) is 0 Å². The van der Waals surface area contributed by atoms with Crippen LogP contribution in [0.2, 0.25) is 0 Å². The van der Waals surface area contributed by atoms with E-state index in [2.05, 4.69) is 13.8 Å². The number of nitrogens with zero attached hydrogens (tertiary/aromatic N) is 2. The van der Waals surface area contributed by atoms with E-state index in [0.717, 1.165) is 31.5 Å². The molecule has 0 unspecified atom stereocenters. The number of amides is 1. The van der Waals surface area contributed by atoms with Crippen LogP contribution in [0.15, 0.2) is 29.2 Å². The lowest BCUT2D eigenvalue weighted by Gasteiger charge is -2.33. The van der Waals surface area contributed by atoms with Crippen molar-refractivity contribution in [2.75, 3.05) is 26.2 Å². The van der Waals surface area contributed by atoms with E-state index in [4.69, 9.17) is 0 Å². The Morgan fingerprint density at radius 2 is 1.60 bits per heavy atom. The smallest absolute Gasteiger partial charge is 0.243 e. The molecule has 0 aliphatic carbocycles. The van der Waals surface area contributed by atoms with Crippen LogP contribution in [0, 0.1) is 12.8 Å². The van der Waals surface area contributed by atoms with Gasteiger partial charge in [0.05, 0.1) is 4.90 Å². The normalized spacial score (nSPS) is 16.8. The highest BCUT2D eigenvalue weighted by Crippen LogP contribution is 2.25. The van der Waals surface area contributed by atoms with Gasteiger partial charge in [0.25, 0.3) is 0 Å². The number of hydrogen-bond acceptors (Lipinski definition) is 3. The van der Waals surface area contributed by atoms with Crippen LogP contribution in [0.1, 0.15) is 45.1 Å². The molecule has 1 aromatic carbocycles. The van der Waals surface area contributed by atoms with E-state index in [0.29, 0.717) is 30.8 Å². The Labute approximate surface area is 152 Å². The Morgan fingerprint density at radius 3 is 2.08 bits per heavy atom. The molecule has 0 N–H and O–H groups in total. The Kier molecular flexibility index (Phi) is 7.02. The molecule has 0 bridgehead atoms. The maximum atomic E-state index is 12.7. The van der Waals surface area contributed by atoms with E-state index in [1.54, 1.807) is 12.1 Å². The van der Waals surface area contributed by atoms with Crippen LogP contribution in [0.4, 0.5) is 0 Å². The molecule has 1 amide bonds. The second kappa shape index (κ2) is 8.81. The Morgan fingerprint density at radius 1 is 1.08 bits per heavy atom. The number of hydrogen-bond donors (Lipinski definition) is 0. The minimum Gasteiger partial charge on any atom is -0.342 e. The van der Waals surface area contributed by atoms with Gasteiger partial charge in [-0.3, -0.25) is 4.79 Å². The average Bonchev–Trinajstić information content (AvgIpc) is 2.61. The summed E-state index contributed by atoms with van der Waals surface area (Å²) in [4.78, 5) is 15.0. The van der Waals surface area contributed by atoms with E-state index >= 15 is 0 Å². The van der Waals surface area contributed by atoms with Crippen molar-refractivity contribution >= 4 is 15.9 Å². The Hall–Kier alpha value is -1.40. The zero-order valence-corrected chi connectivity index (χ0v) is 16.4. The monoisotopic (exact) mass is 366 g/mol. The summed E-state index contributed by atoms with van der Waals surface area (Å²) < 4.78 is 27.0. The van der Waals surface area contributed by atoms with Crippen molar-refractivity contribution in [3.8, 4) is 0 Å². The maximum Gasteiger partial charge on any atom is 0.243 e. The zero-order valence-electron chi connectivity index (χ0n) is 15.6. The fourth-order valence-electron chi connectivity index (χ4n) is 3.33. The molecule has 1 aromatic rings. The Bertz CT molecular complexity index is 656. The molecule has 2 rings (SSSR count). The van der Waals surface area contributed by atoms with Crippen LogP contribution in [0.25, 0.3) is 0 Å². The van der Waals surface area contributed by atoms with Crippen molar-refractivity contribution in [1.29, 1.82) is 0 Å². The standard InChI is InChI=1S/C19H30N2O3S/c1-4-12-20(13-5-2)19(22)17-10-14-21(15-11-17)25(23,24)18-8-6-16(3)7-9-18/h6-9,17H,4-5,10-15H2,1-3H3. The molecule has 1 fully saturated rings. The first-order chi connectivity index (χ1) is 11.9. The van der Waals surface area contributed by atoms with Gasteiger partial charge in [-0.25, -0.2) is 8.42 Å². The van der Waals surface area contributed by atoms with Crippen molar-refractivity contribution < 1.29 is 13.2 Å².